The number of rotatable bonds is 1. The van der Waals surface area contributed by atoms with Gasteiger partial charge in [0.1, 0.15) is 0 Å². The summed E-state index contributed by atoms with van der Waals surface area (Å²) < 4.78 is 0. The first-order chi connectivity index (χ1) is 4.43. The van der Waals surface area contributed by atoms with Gasteiger partial charge >= 0.3 is 0 Å². The van der Waals surface area contributed by atoms with E-state index in [1.165, 1.54) is 6.08 Å². The molecule has 0 aliphatic rings. The van der Waals surface area contributed by atoms with Gasteiger partial charge in [0.15, 0.2) is 5.82 Å². The van der Waals surface area contributed by atoms with Crippen LogP contribution in [0.3, 0.4) is 0 Å². The van der Waals surface area contributed by atoms with E-state index >= 15 is 0 Å². The van der Waals surface area contributed by atoms with Gasteiger partial charge in [-0.2, -0.15) is 0 Å². The maximum absolute atomic E-state index is 8.26. The van der Waals surface area contributed by atoms with Crippen molar-refractivity contribution in [2.24, 2.45) is 0 Å². The molecule has 1 N–H and O–H groups in total. The summed E-state index contributed by atoms with van der Waals surface area (Å²) in [6, 6.07) is 1.72. The molecule has 0 aliphatic heterocycles. The summed E-state index contributed by atoms with van der Waals surface area (Å²) in [6.45, 7) is 0. The number of nitrogens with zero attached hydrogens (tertiary/aromatic N) is 2. The topological polar surface area (TPSA) is 46.0 Å². The molecule has 0 atom stereocenters. The van der Waals surface area contributed by atoms with Crippen LogP contribution in [-0.4, -0.2) is 15.1 Å². The molecule has 0 radical (unpaired) electrons. The third-order valence-corrected chi connectivity index (χ3v) is 0.809. The van der Waals surface area contributed by atoms with Crippen molar-refractivity contribution in [2.45, 2.75) is 0 Å². The molecule has 0 saturated carbocycles. The standard InChI is InChI=1S/C6H6N2O/c9-5-2-6-7-3-1-4-8-6/h1-5,9H/b5-2-. The summed E-state index contributed by atoms with van der Waals surface area (Å²) in [6.07, 6.45) is 5.56. The maximum Gasteiger partial charge on any atom is 0.154 e. The van der Waals surface area contributed by atoms with E-state index in [0.717, 1.165) is 6.26 Å². The first kappa shape index (κ1) is 5.75. The molecule has 3 nitrogen and oxygen atoms in total. The van der Waals surface area contributed by atoms with Crippen molar-refractivity contribution in [1.82, 2.24) is 9.97 Å². The number of aliphatic hydroxyl groups excluding tert-OH is 1. The van der Waals surface area contributed by atoms with Crippen LogP contribution < -0.4 is 0 Å². The lowest BCUT2D eigenvalue weighted by molar-refractivity contribution is 0.477. The summed E-state index contributed by atoms with van der Waals surface area (Å²) in [7, 11) is 0. The van der Waals surface area contributed by atoms with Crippen molar-refractivity contribution in [3.8, 4) is 0 Å². The molecule has 0 saturated heterocycles. The average Bonchev–Trinajstić information content (AvgIpc) is 1.91. The van der Waals surface area contributed by atoms with Gasteiger partial charge in [-0.1, -0.05) is 0 Å². The Morgan fingerprint density at radius 2 is 2.00 bits per heavy atom. The van der Waals surface area contributed by atoms with E-state index in [1.807, 2.05) is 0 Å². The van der Waals surface area contributed by atoms with E-state index in [9.17, 15) is 0 Å². The second-order valence-corrected chi connectivity index (χ2v) is 1.42. The molecule has 0 unspecified atom stereocenters. The molecule has 9 heavy (non-hydrogen) atoms. The quantitative estimate of drug-likeness (QED) is 0.565. The molecule has 1 rings (SSSR count). The van der Waals surface area contributed by atoms with Crippen molar-refractivity contribution in [3.05, 3.63) is 30.5 Å². The number of aromatic nitrogens is 2. The Kier molecular flexibility index (Phi) is 1.80. The fourth-order valence-electron chi connectivity index (χ4n) is 0.463. The van der Waals surface area contributed by atoms with Crippen molar-refractivity contribution >= 4 is 6.08 Å². The summed E-state index contributed by atoms with van der Waals surface area (Å²) in [5.74, 6) is 0.514. The van der Waals surface area contributed by atoms with E-state index < -0.39 is 0 Å². The molecule has 0 fully saturated rings. The van der Waals surface area contributed by atoms with Gasteiger partial charge in [-0.05, 0) is 6.07 Å². The third kappa shape index (κ3) is 1.53. The molecular weight excluding hydrogens is 116 g/mol. The van der Waals surface area contributed by atoms with Crippen molar-refractivity contribution < 1.29 is 5.11 Å². The Labute approximate surface area is 52.7 Å². The molecule has 0 spiro atoms. The van der Waals surface area contributed by atoms with Crippen LogP contribution in [0.15, 0.2) is 24.7 Å². The molecule has 1 aromatic rings. The number of hydrogen-bond acceptors (Lipinski definition) is 3. The van der Waals surface area contributed by atoms with E-state index in [0.29, 0.717) is 5.82 Å². The fraction of sp³-hybridized carbons (Fsp3) is 0. The Morgan fingerprint density at radius 1 is 1.33 bits per heavy atom. The highest BCUT2D eigenvalue weighted by molar-refractivity contribution is 5.36. The Balaban J connectivity index is 2.85. The van der Waals surface area contributed by atoms with Crippen LogP contribution in [0.2, 0.25) is 0 Å². The number of aliphatic hydroxyl groups is 1. The lowest BCUT2D eigenvalue weighted by Crippen LogP contribution is -1.81. The minimum absolute atomic E-state index is 0.514. The number of hydrogen-bond donors (Lipinski definition) is 1. The highest BCUT2D eigenvalue weighted by Crippen LogP contribution is 1.87. The van der Waals surface area contributed by atoms with Gasteiger partial charge in [-0.25, -0.2) is 9.97 Å². The van der Waals surface area contributed by atoms with Gasteiger partial charge in [0.05, 0.1) is 6.26 Å². The molecule has 0 bridgehead atoms. The van der Waals surface area contributed by atoms with Crippen molar-refractivity contribution in [1.29, 1.82) is 0 Å². The van der Waals surface area contributed by atoms with Gasteiger partial charge in [0.25, 0.3) is 0 Å². The van der Waals surface area contributed by atoms with E-state index in [4.69, 9.17) is 5.11 Å². The molecule has 46 valence electrons. The zero-order chi connectivity index (χ0) is 6.53. The highest BCUT2D eigenvalue weighted by Gasteiger charge is 1.81. The minimum atomic E-state index is 0.514. The van der Waals surface area contributed by atoms with Crippen LogP contribution in [0.4, 0.5) is 0 Å². The van der Waals surface area contributed by atoms with E-state index in [1.54, 1.807) is 18.5 Å². The minimum Gasteiger partial charge on any atom is -0.515 e. The SMILES string of the molecule is O/C=C\c1ncccn1. The van der Waals surface area contributed by atoms with E-state index in [-0.39, 0.29) is 0 Å². The fourth-order valence-corrected chi connectivity index (χ4v) is 0.463. The predicted molar refractivity (Wildman–Crippen MR) is 33.7 cm³/mol. The van der Waals surface area contributed by atoms with Crippen LogP contribution in [0.1, 0.15) is 5.82 Å². The van der Waals surface area contributed by atoms with Gasteiger partial charge in [-0.15, -0.1) is 0 Å². The second-order valence-electron chi connectivity index (χ2n) is 1.42. The maximum atomic E-state index is 8.26. The normalized spacial score (nSPS) is 10.2. The van der Waals surface area contributed by atoms with Gasteiger partial charge in [-0.3, -0.25) is 0 Å². The van der Waals surface area contributed by atoms with Crippen LogP contribution >= 0.6 is 0 Å². The first-order valence-corrected chi connectivity index (χ1v) is 2.51. The van der Waals surface area contributed by atoms with Crippen LogP contribution in [-0.2, 0) is 0 Å². The summed E-state index contributed by atoms with van der Waals surface area (Å²) in [5.41, 5.74) is 0. The van der Waals surface area contributed by atoms with E-state index in [2.05, 4.69) is 9.97 Å². The van der Waals surface area contributed by atoms with Crippen LogP contribution in [0.25, 0.3) is 6.08 Å². The van der Waals surface area contributed by atoms with Crippen LogP contribution in [0, 0.1) is 0 Å². The smallest absolute Gasteiger partial charge is 0.154 e. The van der Waals surface area contributed by atoms with Crippen LogP contribution in [0.5, 0.6) is 0 Å². The largest absolute Gasteiger partial charge is 0.515 e. The van der Waals surface area contributed by atoms with Gasteiger partial charge in [0.2, 0.25) is 0 Å². The Morgan fingerprint density at radius 3 is 2.56 bits per heavy atom. The Hall–Kier alpha value is -1.38. The molecule has 0 aromatic carbocycles. The first-order valence-electron chi connectivity index (χ1n) is 2.51. The third-order valence-electron chi connectivity index (χ3n) is 0.809. The molecule has 0 aliphatic carbocycles. The lowest BCUT2D eigenvalue weighted by Gasteiger charge is -1.84. The average molecular weight is 122 g/mol. The Bertz CT molecular complexity index is 195. The summed E-state index contributed by atoms with van der Waals surface area (Å²) in [4.78, 5) is 7.62. The molecule has 0 amide bonds. The monoisotopic (exact) mass is 122 g/mol. The van der Waals surface area contributed by atoms with Gasteiger partial charge < -0.3 is 5.11 Å². The molecule has 3 heteroatoms. The zero-order valence-electron chi connectivity index (χ0n) is 4.73. The van der Waals surface area contributed by atoms with Crippen molar-refractivity contribution in [3.63, 3.8) is 0 Å². The summed E-state index contributed by atoms with van der Waals surface area (Å²) >= 11 is 0. The van der Waals surface area contributed by atoms with Gasteiger partial charge in [0, 0.05) is 18.5 Å². The highest BCUT2D eigenvalue weighted by atomic mass is 16.2. The van der Waals surface area contributed by atoms with Crippen molar-refractivity contribution in [2.75, 3.05) is 0 Å². The zero-order valence-corrected chi connectivity index (χ0v) is 4.73. The molecule has 1 heterocycles. The predicted octanol–water partition coefficient (Wildman–Crippen LogP) is 1.01. The molecule has 1 aromatic heterocycles. The lowest BCUT2D eigenvalue weighted by atomic mass is 10.5. The summed E-state index contributed by atoms with van der Waals surface area (Å²) in [5, 5.41) is 8.26. The molecular formula is C6H6N2O. The second kappa shape index (κ2) is 2.81.